The topological polar surface area (TPSA) is 79.5 Å². The Kier molecular flexibility index (Phi) is 4.89. The Bertz CT molecular complexity index is 375. The predicted molar refractivity (Wildman–Crippen MR) is 61.9 cm³/mol. The van der Waals surface area contributed by atoms with E-state index in [1.54, 1.807) is 6.92 Å². The number of likely N-dealkylation sites (tertiary alicyclic amines) is 1. The number of rotatable bonds is 3. The summed E-state index contributed by atoms with van der Waals surface area (Å²) in [5.41, 5.74) is 0. The third-order valence-electron chi connectivity index (χ3n) is 2.87. The number of aryl methyl sites for hydroxylation is 1. The van der Waals surface area contributed by atoms with Gasteiger partial charge in [0.2, 0.25) is 5.89 Å². The number of hydrogen-bond donors (Lipinski definition) is 1. The molecule has 96 valence electrons. The molecule has 0 atom stereocenters. The molecule has 17 heavy (non-hydrogen) atoms. The molecule has 0 amide bonds. The highest BCUT2D eigenvalue weighted by Crippen LogP contribution is 2.18. The number of aliphatic carboxylic acids is 1. The molecule has 1 saturated heterocycles. The van der Waals surface area contributed by atoms with Gasteiger partial charge in [0.1, 0.15) is 0 Å². The van der Waals surface area contributed by atoms with Crippen LogP contribution in [-0.2, 0) is 11.3 Å². The summed E-state index contributed by atoms with van der Waals surface area (Å²) in [6.07, 6.45) is 1.39. The Labute approximate surface area is 105 Å². The first kappa shape index (κ1) is 13.9. The van der Waals surface area contributed by atoms with Gasteiger partial charge in [0.25, 0.3) is 0 Å². The van der Waals surface area contributed by atoms with Crippen molar-refractivity contribution in [1.82, 2.24) is 15.0 Å². The average molecular weight is 262 g/mol. The summed E-state index contributed by atoms with van der Waals surface area (Å²) >= 11 is 0. The molecule has 6 nitrogen and oxygen atoms in total. The molecule has 2 rings (SSSR count). The van der Waals surface area contributed by atoms with Crippen LogP contribution in [0.25, 0.3) is 0 Å². The van der Waals surface area contributed by atoms with E-state index in [9.17, 15) is 4.79 Å². The van der Waals surface area contributed by atoms with Gasteiger partial charge in [-0.2, -0.15) is 4.98 Å². The third-order valence-corrected chi connectivity index (χ3v) is 2.87. The van der Waals surface area contributed by atoms with E-state index in [4.69, 9.17) is 9.63 Å². The quantitative estimate of drug-likeness (QED) is 0.878. The van der Waals surface area contributed by atoms with Gasteiger partial charge in [0.05, 0.1) is 12.5 Å². The minimum atomic E-state index is -0.687. The van der Waals surface area contributed by atoms with Crippen LogP contribution in [0.1, 0.15) is 24.6 Å². The molecule has 0 spiro atoms. The van der Waals surface area contributed by atoms with Crippen LogP contribution < -0.4 is 0 Å². The van der Waals surface area contributed by atoms with Crippen LogP contribution in [0.3, 0.4) is 0 Å². The molecule has 1 aromatic heterocycles. The summed E-state index contributed by atoms with van der Waals surface area (Å²) in [6, 6.07) is 0. The molecule has 0 aromatic carbocycles. The van der Waals surface area contributed by atoms with Crippen LogP contribution in [0.2, 0.25) is 0 Å². The van der Waals surface area contributed by atoms with Crippen LogP contribution in [-0.4, -0.2) is 39.2 Å². The molecular weight excluding hydrogens is 246 g/mol. The molecule has 0 saturated carbocycles. The van der Waals surface area contributed by atoms with Crippen LogP contribution in [0.5, 0.6) is 0 Å². The van der Waals surface area contributed by atoms with E-state index in [1.807, 2.05) is 0 Å². The van der Waals surface area contributed by atoms with Gasteiger partial charge in [-0.15, -0.1) is 12.4 Å². The van der Waals surface area contributed by atoms with Crippen molar-refractivity contribution in [3.63, 3.8) is 0 Å². The fourth-order valence-corrected chi connectivity index (χ4v) is 1.93. The second-order valence-corrected chi connectivity index (χ2v) is 4.12. The molecule has 2 heterocycles. The lowest BCUT2D eigenvalue weighted by molar-refractivity contribution is -0.143. The zero-order valence-electron chi connectivity index (χ0n) is 9.63. The number of hydrogen-bond acceptors (Lipinski definition) is 5. The van der Waals surface area contributed by atoms with Crippen molar-refractivity contribution in [2.45, 2.75) is 26.3 Å². The lowest BCUT2D eigenvalue weighted by Gasteiger charge is -2.28. The largest absolute Gasteiger partial charge is 0.481 e. The highest BCUT2D eigenvalue weighted by molar-refractivity contribution is 5.85. The van der Waals surface area contributed by atoms with Gasteiger partial charge < -0.3 is 9.63 Å². The first-order valence-electron chi connectivity index (χ1n) is 5.39. The third kappa shape index (κ3) is 3.67. The molecule has 0 bridgehead atoms. The highest BCUT2D eigenvalue weighted by Gasteiger charge is 2.25. The Hall–Kier alpha value is -1.14. The number of piperidine rings is 1. The summed E-state index contributed by atoms with van der Waals surface area (Å²) in [7, 11) is 0. The minimum absolute atomic E-state index is 0. The predicted octanol–water partition coefficient (Wildman–Crippen LogP) is 1.10. The zero-order valence-corrected chi connectivity index (χ0v) is 10.4. The molecule has 1 fully saturated rings. The molecule has 0 aliphatic carbocycles. The Morgan fingerprint density at radius 1 is 1.53 bits per heavy atom. The second-order valence-electron chi connectivity index (χ2n) is 4.12. The maximum Gasteiger partial charge on any atom is 0.306 e. The number of aromatic nitrogens is 2. The normalized spacial score (nSPS) is 17.7. The minimum Gasteiger partial charge on any atom is -0.481 e. The summed E-state index contributed by atoms with van der Waals surface area (Å²) in [6.45, 7) is 3.95. The van der Waals surface area contributed by atoms with E-state index in [-0.39, 0.29) is 18.3 Å². The van der Waals surface area contributed by atoms with Crippen molar-refractivity contribution in [2.24, 2.45) is 5.92 Å². The first-order valence-corrected chi connectivity index (χ1v) is 5.39. The monoisotopic (exact) mass is 261 g/mol. The van der Waals surface area contributed by atoms with Crippen molar-refractivity contribution >= 4 is 18.4 Å². The van der Waals surface area contributed by atoms with Crippen molar-refractivity contribution in [3.05, 3.63) is 11.7 Å². The molecule has 0 unspecified atom stereocenters. The van der Waals surface area contributed by atoms with Gasteiger partial charge in [0, 0.05) is 0 Å². The standard InChI is InChI=1S/C10H15N3O3.ClH/c1-7-11-9(16-12-7)6-13-4-2-8(3-5-13)10(14)15;/h8H,2-6H2,1H3,(H,14,15);1H. The molecule has 1 aromatic rings. The maximum absolute atomic E-state index is 10.8. The molecule has 7 heteroatoms. The SMILES string of the molecule is Cc1noc(CN2CCC(C(=O)O)CC2)n1.Cl. The van der Waals surface area contributed by atoms with Crippen molar-refractivity contribution < 1.29 is 14.4 Å². The van der Waals surface area contributed by atoms with Gasteiger partial charge >= 0.3 is 5.97 Å². The summed E-state index contributed by atoms with van der Waals surface area (Å²) in [5, 5.41) is 12.6. The van der Waals surface area contributed by atoms with Crippen molar-refractivity contribution in [1.29, 1.82) is 0 Å². The summed E-state index contributed by atoms with van der Waals surface area (Å²) in [4.78, 5) is 17.0. The Morgan fingerprint density at radius 3 is 2.65 bits per heavy atom. The van der Waals surface area contributed by atoms with Crippen LogP contribution in [0, 0.1) is 12.8 Å². The van der Waals surface area contributed by atoms with Crippen LogP contribution in [0.4, 0.5) is 0 Å². The van der Waals surface area contributed by atoms with E-state index < -0.39 is 5.97 Å². The molecule has 1 aliphatic rings. The maximum atomic E-state index is 10.8. The van der Waals surface area contributed by atoms with Crippen LogP contribution >= 0.6 is 12.4 Å². The number of halogens is 1. The molecular formula is C10H16ClN3O3. The van der Waals surface area contributed by atoms with Crippen molar-refractivity contribution in [2.75, 3.05) is 13.1 Å². The molecule has 1 aliphatic heterocycles. The lowest BCUT2D eigenvalue weighted by atomic mass is 9.97. The fourth-order valence-electron chi connectivity index (χ4n) is 1.93. The smallest absolute Gasteiger partial charge is 0.306 e. The summed E-state index contributed by atoms with van der Waals surface area (Å²) in [5.74, 6) is 0.357. The number of carboxylic acid groups (broad SMARTS) is 1. The second kappa shape index (κ2) is 5.97. The zero-order chi connectivity index (χ0) is 11.5. The van der Waals surface area contributed by atoms with Gasteiger partial charge in [0.15, 0.2) is 5.82 Å². The fraction of sp³-hybridized carbons (Fsp3) is 0.700. The van der Waals surface area contributed by atoms with E-state index in [1.165, 1.54) is 0 Å². The van der Waals surface area contributed by atoms with Crippen molar-refractivity contribution in [3.8, 4) is 0 Å². The van der Waals surface area contributed by atoms with Gasteiger partial charge in [-0.1, -0.05) is 5.16 Å². The molecule has 0 radical (unpaired) electrons. The van der Waals surface area contributed by atoms with Gasteiger partial charge in [-0.05, 0) is 32.9 Å². The number of nitrogens with zero attached hydrogens (tertiary/aromatic N) is 3. The average Bonchev–Trinajstić information content (AvgIpc) is 2.65. The summed E-state index contributed by atoms with van der Waals surface area (Å²) < 4.78 is 5.02. The van der Waals surface area contributed by atoms with E-state index in [0.29, 0.717) is 31.1 Å². The number of carbonyl (C=O) groups is 1. The Morgan fingerprint density at radius 2 is 2.18 bits per heavy atom. The molecule has 1 N–H and O–H groups in total. The lowest BCUT2D eigenvalue weighted by Crippen LogP contribution is -2.35. The Balaban J connectivity index is 0.00000144. The number of carboxylic acids is 1. The van der Waals surface area contributed by atoms with E-state index in [2.05, 4.69) is 15.0 Å². The first-order chi connectivity index (χ1) is 7.65. The van der Waals surface area contributed by atoms with Gasteiger partial charge in [-0.3, -0.25) is 9.69 Å². The van der Waals surface area contributed by atoms with E-state index in [0.717, 1.165) is 13.1 Å². The highest BCUT2D eigenvalue weighted by atomic mass is 35.5. The van der Waals surface area contributed by atoms with E-state index >= 15 is 0 Å². The van der Waals surface area contributed by atoms with Crippen LogP contribution in [0.15, 0.2) is 4.52 Å². The van der Waals surface area contributed by atoms with Gasteiger partial charge in [-0.25, -0.2) is 0 Å².